The first-order chi connectivity index (χ1) is 13.5. The molecule has 0 saturated carbocycles. The van der Waals surface area contributed by atoms with Crippen molar-refractivity contribution in [1.29, 1.82) is 0 Å². The lowest BCUT2D eigenvalue weighted by atomic mass is 10.1. The molecule has 0 saturated heterocycles. The van der Waals surface area contributed by atoms with Gasteiger partial charge in [0.2, 0.25) is 10.0 Å². The van der Waals surface area contributed by atoms with Crippen molar-refractivity contribution in [2.45, 2.75) is 23.9 Å². The van der Waals surface area contributed by atoms with E-state index in [0.717, 1.165) is 31.3 Å². The van der Waals surface area contributed by atoms with Gasteiger partial charge < -0.3 is 10.6 Å². The number of amides is 2. The van der Waals surface area contributed by atoms with Crippen molar-refractivity contribution < 1.29 is 30.8 Å². The molecule has 0 bridgehead atoms. The zero-order chi connectivity index (χ0) is 21.7. The fourth-order valence-electron chi connectivity index (χ4n) is 2.47. The fraction of sp³-hybridized carbons (Fsp3) is 0.278. The third-order valence-electron chi connectivity index (χ3n) is 3.93. The standard InChI is InChI=1S/C18H19F4N3O3S/c1-23-29(27,28)16-11-14(7-8-15(16)19)25-17(26)24-9-3-5-12-4-2-6-13(10-12)18(20,21)22/h2,4,6-8,10-11,23H,3,5,9H2,1H3,(H2,24,25,26). The van der Waals surface area contributed by atoms with Gasteiger partial charge in [-0.2, -0.15) is 13.2 Å². The van der Waals surface area contributed by atoms with Crippen molar-refractivity contribution in [3.63, 3.8) is 0 Å². The van der Waals surface area contributed by atoms with Crippen molar-refractivity contribution in [2.24, 2.45) is 0 Å². The molecule has 0 heterocycles. The Bertz CT molecular complexity index is 979. The van der Waals surface area contributed by atoms with Crippen LogP contribution in [0.5, 0.6) is 0 Å². The van der Waals surface area contributed by atoms with Crippen LogP contribution in [0.25, 0.3) is 0 Å². The maximum atomic E-state index is 13.7. The highest BCUT2D eigenvalue weighted by Gasteiger charge is 2.30. The van der Waals surface area contributed by atoms with Gasteiger partial charge in [-0.05, 0) is 49.7 Å². The Hall–Kier alpha value is -2.66. The summed E-state index contributed by atoms with van der Waals surface area (Å²) in [6.07, 6.45) is -3.70. The molecule has 0 aliphatic heterocycles. The molecule has 11 heteroatoms. The van der Waals surface area contributed by atoms with E-state index in [-0.39, 0.29) is 12.2 Å². The molecule has 6 nitrogen and oxygen atoms in total. The zero-order valence-electron chi connectivity index (χ0n) is 15.3. The minimum Gasteiger partial charge on any atom is -0.338 e. The molecule has 3 N–H and O–H groups in total. The molecule has 2 aromatic carbocycles. The molecule has 0 aliphatic rings. The van der Waals surface area contributed by atoms with Crippen LogP contribution in [0.3, 0.4) is 0 Å². The van der Waals surface area contributed by atoms with Gasteiger partial charge in [0.1, 0.15) is 10.7 Å². The zero-order valence-corrected chi connectivity index (χ0v) is 16.1. The average molecular weight is 433 g/mol. The first-order valence-electron chi connectivity index (χ1n) is 8.47. The lowest BCUT2D eigenvalue weighted by Gasteiger charge is -2.11. The summed E-state index contributed by atoms with van der Waals surface area (Å²) in [5.74, 6) is -0.966. The second kappa shape index (κ2) is 9.23. The van der Waals surface area contributed by atoms with Crippen molar-refractivity contribution in [3.05, 3.63) is 59.4 Å². The van der Waals surface area contributed by atoms with E-state index < -0.39 is 38.5 Å². The van der Waals surface area contributed by atoms with Gasteiger partial charge in [0, 0.05) is 12.2 Å². The Labute approximate surface area is 165 Å². The number of rotatable bonds is 7. The topological polar surface area (TPSA) is 87.3 Å². The molecule has 0 aromatic heterocycles. The van der Waals surface area contributed by atoms with Crippen molar-refractivity contribution in [1.82, 2.24) is 10.0 Å². The van der Waals surface area contributed by atoms with Crippen LogP contribution < -0.4 is 15.4 Å². The largest absolute Gasteiger partial charge is 0.416 e. The van der Waals surface area contributed by atoms with E-state index in [1.807, 2.05) is 4.72 Å². The van der Waals surface area contributed by atoms with Crippen LogP contribution in [0.1, 0.15) is 17.5 Å². The number of anilines is 1. The smallest absolute Gasteiger partial charge is 0.338 e. The monoisotopic (exact) mass is 433 g/mol. The molecule has 0 aliphatic carbocycles. The molecule has 0 atom stereocenters. The Morgan fingerprint density at radius 1 is 1.10 bits per heavy atom. The van der Waals surface area contributed by atoms with Crippen LogP contribution in [0.2, 0.25) is 0 Å². The first kappa shape index (κ1) is 22.6. The summed E-state index contributed by atoms with van der Waals surface area (Å²) in [5.41, 5.74) is -0.178. The van der Waals surface area contributed by atoms with Crippen LogP contribution in [0.4, 0.5) is 28.0 Å². The van der Waals surface area contributed by atoms with Gasteiger partial charge in [-0.25, -0.2) is 22.3 Å². The molecule has 29 heavy (non-hydrogen) atoms. The molecule has 2 amide bonds. The van der Waals surface area contributed by atoms with Crippen LogP contribution in [-0.4, -0.2) is 28.0 Å². The molecule has 0 spiro atoms. The molecular weight excluding hydrogens is 414 g/mol. The Morgan fingerprint density at radius 2 is 1.83 bits per heavy atom. The molecule has 158 valence electrons. The van der Waals surface area contributed by atoms with E-state index in [1.54, 1.807) is 6.07 Å². The third kappa shape index (κ3) is 6.43. The lowest BCUT2D eigenvalue weighted by Crippen LogP contribution is -2.30. The van der Waals surface area contributed by atoms with E-state index >= 15 is 0 Å². The van der Waals surface area contributed by atoms with Crippen molar-refractivity contribution in [2.75, 3.05) is 18.9 Å². The van der Waals surface area contributed by atoms with E-state index in [0.29, 0.717) is 18.4 Å². The van der Waals surface area contributed by atoms with Gasteiger partial charge in [-0.15, -0.1) is 0 Å². The lowest BCUT2D eigenvalue weighted by molar-refractivity contribution is -0.137. The van der Waals surface area contributed by atoms with Gasteiger partial charge in [0.25, 0.3) is 0 Å². The minimum absolute atomic E-state index is 0.0654. The second-order valence-corrected chi connectivity index (χ2v) is 7.89. The number of carbonyl (C=O) groups is 1. The number of urea groups is 1. The third-order valence-corrected chi connectivity index (χ3v) is 5.36. The van der Waals surface area contributed by atoms with Gasteiger partial charge in [0.15, 0.2) is 0 Å². The number of aryl methyl sites for hydroxylation is 1. The molecule has 2 aromatic rings. The summed E-state index contributed by atoms with van der Waals surface area (Å²) in [6, 6.07) is 7.36. The number of alkyl halides is 3. The van der Waals surface area contributed by atoms with Gasteiger partial charge in [-0.1, -0.05) is 18.2 Å². The Kier molecular flexibility index (Phi) is 7.20. The average Bonchev–Trinajstić information content (AvgIpc) is 2.66. The van der Waals surface area contributed by atoms with Crippen LogP contribution in [0.15, 0.2) is 47.4 Å². The van der Waals surface area contributed by atoms with E-state index in [9.17, 15) is 30.8 Å². The van der Waals surface area contributed by atoms with Crippen LogP contribution >= 0.6 is 0 Å². The highest BCUT2D eigenvalue weighted by atomic mass is 32.2. The van der Waals surface area contributed by atoms with Crippen molar-refractivity contribution in [3.8, 4) is 0 Å². The summed E-state index contributed by atoms with van der Waals surface area (Å²) in [4.78, 5) is 11.3. The maximum Gasteiger partial charge on any atom is 0.416 e. The molecular formula is C18H19F4N3O3S. The van der Waals surface area contributed by atoms with Crippen molar-refractivity contribution >= 4 is 21.7 Å². The number of hydrogen-bond acceptors (Lipinski definition) is 3. The number of carbonyl (C=O) groups excluding carboxylic acids is 1. The maximum absolute atomic E-state index is 13.7. The Balaban J connectivity index is 1.88. The normalized spacial score (nSPS) is 11.9. The number of benzene rings is 2. The number of sulfonamides is 1. The highest BCUT2D eigenvalue weighted by molar-refractivity contribution is 7.89. The quantitative estimate of drug-likeness (QED) is 0.461. The predicted molar refractivity (Wildman–Crippen MR) is 99.4 cm³/mol. The SMILES string of the molecule is CNS(=O)(=O)c1cc(NC(=O)NCCCc2cccc(C(F)(F)F)c2)ccc1F. The summed E-state index contributed by atoms with van der Waals surface area (Å²) >= 11 is 0. The first-order valence-corrected chi connectivity index (χ1v) is 9.95. The van der Waals surface area contributed by atoms with Gasteiger partial charge in [-0.3, -0.25) is 0 Å². The van der Waals surface area contributed by atoms with Crippen LogP contribution in [-0.2, 0) is 22.6 Å². The summed E-state index contributed by atoms with van der Waals surface area (Å²) < 4.78 is 77.2. The fourth-order valence-corrected chi connectivity index (χ4v) is 3.30. The van der Waals surface area contributed by atoms with E-state index in [1.165, 1.54) is 12.1 Å². The summed E-state index contributed by atoms with van der Waals surface area (Å²) in [5, 5.41) is 4.88. The number of halogens is 4. The van der Waals surface area contributed by atoms with Crippen LogP contribution in [0, 0.1) is 5.82 Å². The summed E-state index contributed by atoms with van der Waals surface area (Å²) in [7, 11) is -2.90. The Morgan fingerprint density at radius 3 is 2.48 bits per heavy atom. The predicted octanol–water partition coefficient (Wildman–Crippen LogP) is 3.51. The second-order valence-electron chi connectivity index (χ2n) is 6.04. The van der Waals surface area contributed by atoms with E-state index in [2.05, 4.69) is 10.6 Å². The minimum atomic E-state index is -4.41. The van der Waals surface area contributed by atoms with Gasteiger partial charge in [0.05, 0.1) is 5.56 Å². The number of nitrogens with one attached hydrogen (secondary N) is 3. The molecule has 2 rings (SSSR count). The molecule has 0 fully saturated rings. The highest BCUT2D eigenvalue weighted by Crippen LogP contribution is 2.29. The van der Waals surface area contributed by atoms with E-state index in [4.69, 9.17) is 0 Å². The van der Waals surface area contributed by atoms with Gasteiger partial charge >= 0.3 is 12.2 Å². The summed E-state index contributed by atoms with van der Waals surface area (Å²) in [6.45, 7) is 0.172. The molecule has 0 unspecified atom stereocenters. The number of hydrogen-bond donors (Lipinski definition) is 3. The molecule has 0 radical (unpaired) electrons.